The molecule has 24 heavy (non-hydrogen) atoms. The first-order valence-corrected chi connectivity index (χ1v) is 7.99. The summed E-state index contributed by atoms with van der Waals surface area (Å²) in [5.41, 5.74) is 0.562. The third-order valence-electron chi connectivity index (χ3n) is 3.64. The summed E-state index contributed by atoms with van der Waals surface area (Å²) in [7, 11) is 0. The highest BCUT2D eigenvalue weighted by Gasteiger charge is 2.27. The zero-order valence-electron chi connectivity index (χ0n) is 13.0. The summed E-state index contributed by atoms with van der Waals surface area (Å²) in [6, 6.07) is 4.76. The van der Waals surface area contributed by atoms with Crippen LogP contribution in [0, 0.1) is 0 Å². The fourth-order valence-electron chi connectivity index (χ4n) is 2.41. The van der Waals surface area contributed by atoms with Crippen LogP contribution < -0.4 is 0 Å². The number of halogens is 2. The molecule has 6 nitrogen and oxygen atoms in total. The molecule has 2 amide bonds. The van der Waals surface area contributed by atoms with Crippen molar-refractivity contribution in [2.75, 3.05) is 26.2 Å². The number of hydrogen-bond acceptors (Lipinski definition) is 3. The maximum absolute atomic E-state index is 12.6. The van der Waals surface area contributed by atoms with Gasteiger partial charge in [0.25, 0.3) is 5.91 Å². The highest BCUT2D eigenvalue weighted by atomic mass is 35.5. The van der Waals surface area contributed by atoms with Crippen LogP contribution in [-0.2, 0) is 9.59 Å². The molecule has 1 aliphatic rings. The fraction of sp³-hybridized carbons (Fsp3) is 0.312. The standard InChI is InChI=1S/C16H16Cl2N2O4/c1-10(21)14(8-11-6-12(17)9-13(18)7-11)15(22)19-2-4-20(5-3-19)16(23)24/h6-9H,2-5H2,1H3,(H,23,24). The lowest BCUT2D eigenvalue weighted by Gasteiger charge is -2.33. The summed E-state index contributed by atoms with van der Waals surface area (Å²) in [6.45, 7) is 2.23. The van der Waals surface area contributed by atoms with E-state index in [1.54, 1.807) is 18.2 Å². The van der Waals surface area contributed by atoms with Gasteiger partial charge in [0, 0.05) is 36.2 Å². The number of piperazine rings is 1. The maximum Gasteiger partial charge on any atom is 0.407 e. The number of carbonyl (C=O) groups excluding carboxylic acids is 2. The Balaban J connectivity index is 2.21. The van der Waals surface area contributed by atoms with Crippen molar-refractivity contribution in [1.82, 2.24) is 9.80 Å². The molecular weight excluding hydrogens is 355 g/mol. The quantitative estimate of drug-likeness (QED) is 0.504. The molecule has 1 aliphatic heterocycles. The number of carboxylic acid groups (broad SMARTS) is 1. The predicted molar refractivity (Wildman–Crippen MR) is 91.3 cm³/mol. The second kappa shape index (κ2) is 7.68. The van der Waals surface area contributed by atoms with Gasteiger partial charge in [0.1, 0.15) is 0 Å². The Labute approximate surface area is 149 Å². The van der Waals surface area contributed by atoms with Gasteiger partial charge in [-0.05, 0) is 36.8 Å². The normalized spacial score (nSPS) is 15.4. The first-order valence-electron chi connectivity index (χ1n) is 7.24. The number of benzene rings is 1. The molecule has 0 atom stereocenters. The number of nitrogens with zero attached hydrogens (tertiary/aromatic N) is 2. The van der Waals surface area contributed by atoms with E-state index in [0.29, 0.717) is 15.6 Å². The van der Waals surface area contributed by atoms with Gasteiger partial charge in [0.15, 0.2) is 5.78 Å². The zero-order chi connectivity index (χ0) is 17.9. The monoisotopic (exact) mass is 370 g/mol. The van der Waals surface area contributed by atoms with E-state index in [2.05, 4.69) is 0 Å². The van der Waals surface area contributed by atoms with Crippen LogP contribution in [0.4, 0.5) is 4.79 Å². The van der Waals surface area contributed by atoms with E-state index in [1.165, 1.54) is 22.8 Å². The Bertz CT molecular complexity index is 690. The molecule has 0 unspecified atom stereocenters. The molecule has 1 saturated heterocycles. The van der Waals surface area contributed by atoms with Crippen LogP contribution in [0.15, 0.2) is 23.8 Å². The highest BCUT2D eigenvalue weighted by molar-refractivity contribution is 6.35. The van der Waals surface area contributed by atoms with Crippen molar-refractivity contribution in [2.45, 2.75) is 6.92 Å². The van der Waals surface area contributed by atoms with Crippen LogP contribution in [0.25, 0.3) is 6.08 Å². The Morgan fingerprint density at radius 3 is 1.96 bits per heavy atom. The van der Waals surface area contributed by atoms with Gasteiger partial charge in [0.05, 0.1) is 5.57 Å². The van der Waals surface area contributed by atoms with Crippen molar-refractivity contribution in [3.63, 3.8) is 0 Å². The minimum atomic E-state index is -1.02. The largest absolute Gasteiger partial charge is 0.465 e. The third kappa shape index (κ3) is 4.49. The van der Waals surface area contributed by atoms with Crippen molar-refractivity contribution >= 4 is 47.1 Å². The number of ketones is 1. The van der Waals surface area contributed by atoms with Crippen LogP contribution in [0.2, 0.25) is 10.0 Å². The SMILES string of the molecule is CC(=O)C(=Cc1cc(Cl)cc(Cl)c1)C(=O)N1CCN(C(=O)O)CC1. The van der Waals surface area contributed by atoms with Gasteiger partial charge < -0.3 is 14.9 Å². The topological polar surface area (TPSA) is 77.9 Å². The van der Waals surface area contributed by atoms with Gasteiger partial charge in [-0.25, -0.2) is 4.79 Å². The summed E-state index contributed by atoms with van der Waals surface area (Å²) in [6.07, 6.45) is 0.435. The second-order valence-corrected chi connectivity index (χ2v) is 6.25. The van der Waals surface area contributed by atoms with Crippen molar-refractivity contribution in [2.24, 2.45) is 0 Å². The van der Waals surface area contributed by atoms with Gasteiger partial charge in [-0.2, -0.15) is 0 Å². The molecule has 0 saturated carbocycles. The lowest BCUT2D eigenvalue weighted by atomic mass is 10.1. The zero-order valence-corrected chi connectivity index (χ0v) is 14.5. The minimum Gasteiger partial charge on any atom is -0.465 e. The molecule has 8 heteroatoms. The fourth-order valence-corrected chi connectivity index (χ4v) is 2.95. The molecule has 0 aliphatic carbocycles. The van der Waals surface area contributed by atoms with Gasteiger partial charge in [-0.3, -0.25) is 9.59 Å². The number of amides is 2. The van der Waals surface area contributed by atoms with E-state index >= 15 is 0 Å². The summed E-state index contributed by atoms with van der Waals surface area (Å²) in [5, 5.41) is 9.74. The second-order valence-electron chi connectivity index (χ2n) is 5.38. The first kappa shape index (κ1) is 18.3. The maximum atomic E-state index is 12.6. The number of hydrogen-bond donors (Lipinski definition) is 1. The van der Waals surface area contributed by atoms with E-state index in [4.69, 9.17) is 28.3 Å². The van der Waals surface area contributed by atoms with E-state index in [0.717, 1.165) is 0 Å². The smallest absolute Gasteiger partial charge is 0.407 e. The first-order chi connectivity index (χ1) is 11.3. The van der Waals surface area contributed by atoms with Gasteiger partial charge in [-0.15, -0.1) is 0 Å². The highest BCUT2D eigenvalue weighted by Crippen LogP contribution is 2.22. The van der Waals surface area contributed by atoms with Crippen LogP contribution >= 0.6 is 23.2 Å². The van der Waals surface area contributed by atoms with Gasteiger partial charge >= 0.3 is 6.09 Å². The van der Waals surface area contributed by atoms with Gasteiger partial charge in [-0.1, -0.05) is 23.2 Å². The summed E-state index contributed by atoms with van der Waals surface area (Å²) in [4.78, 5) is 38.1. The minimum absolute atomic E-state index is 0.0112. The van der Waals surface area contributed by atoms with E-state index in [9.17, 15) is 14.4 Å². The predicted octanol–water partition coefficient (Wildman–Crippen LogP) is 2.79. The molecule has 0 bridgehead atoms. The average molecular weight is 371 g/mol. The van der Waals surface area contributed by atoms with Crippen molar-refractivity contribution < 1.29 is 19.5 Å². The van der Waals surface area contributed by atoms with E-state index in [1.807, 2.05) is 0 Å². The molecule has 0 spiro atoms. The molecule has 0 aromatic heterocycles. The van der Waals surface area contributed by atoms with Gasteiger partial charge in [0.2, 0.25) is 0 Å². The van der Waals surface area contributed by atoms with Crippen LogP contribution in [0.3, 0.4) is 0 Å². The molecule has 2 rings (SSSR count). The van der Waals surface area contributed by atoms with Crippen molar-refractivity contribution in [3.05, 3.63) is 39.4 Å². The number of carbonyl (C=O) groups is 3. The number of Topliss-reactive ketones (excluding diaryl/α,β-unsaturated/α-hetero) is 1. The molecule has 1 aromatic rings. The lowest BCUT2D eigenvalue weighted by molar-refractivity contribution is -0.130. The van der Waals surface area contributed by atoms with Crippen LogP contribution in [-0.4, -0.2) is 58.9 Å². The summed E-state index contributed by atoms with van der Waals surface area (Å²) >= 11 is 11.9. The molecule has 1 aromatic carbocycles. The third-order valence-corrected chi connectivity index (χ3v) is 4.08. The molecule has 0 radical (unpaired) electrons. The Morgan fingerprint density at radius 2 is 1.50 bits per heavy atom. The van der Waals surface area contributed by atoms with Crippen molar-refractivity contribution in [1.29, 1.82) is 0 Å². The summed E-state index contributed by atoms with van der Waals surface area (Å²) < 4.78 is 0. The van der Waals surface area contributed by atoms with Crippen LogP contribution in [0.5, 0.6) is 0 Å². The Kier molecular flexibility index (Phi) is 5.85. The number of rotatable bonds is 3. The Hall–Kier alpha value is -2.05. The summed E-state index contributed by atoms with van der Waals surface area (Å²) in [5.74, 6) is -0.805. The Morgan fingerprint density at radius 1 is 1.00 bits per heavy atom. The van der Waals surface area contributed by atoms with Crippen molar-refractivity contribution in [3.8, 4) is 0 Å². The molecule has 1 N–H and O–H groups in total. The van der Waals surface area contributed by atoms with E-state index in [-0.39, 0.29) is 37.5 Å². The molecule has 128 valence electrons. The molecule has 1 fully saturated rings. The molecular formula is C16H16Cl2N2O4. The average Bonchev–Trinajstić information content (AvgIpc) is 2.51. The lowest BCUT2D eigenvalue weighted by Crippen LogP contribution is -2.50. The van der Waals surface area contributed by atoms with Crippen LogP contribution in [0.1, 0.15) is 12.5 Å². The molecule has 1 heterocycles. The van der Waals surface area contributed by atoms with E-state index < -0.39 is 12.0 Å².